The van der Waals surface area contributed by atoms with Gasteiger partial charge in [-0.1, -0.05) is 11.6 Å². The van der Waals surface area contributed by atoms with E-state index in [4.69, 9.17) is 11.6 Å². The van der Waals surface area contributed by atoms with Crippen LogP contribution in [-0.2, 0) is 9.59 Å². The molecule has 0 saturated heterocycles. The Morgan fingerprint density at radius 3 is 2.21 bits per heavy atom. The zero-order valence-corrected chi connectivity index (χ0v) is 11.2. The summed E-state index contributed by atoms with van der Waals surface area (Å²) in [7, 11) is 0. The number of carbonyl (C=O) groups excluding carboxylic acids is 3. The topological polar surface area (TPSA) is 87.3 Å². The number of amides is 3. The second-order valence-corrected chi connectivity index (χ2v) is 4.31. The normalized spacial score (nSPS) is 11.3. The fourth-order valence-electron chi connectivity index (χ4n) is 1.27. The minimum absolute atomic E-state index is 0.327. The van der Waals surface area contributed by atoms with Crippen LogP contribution < -0.4 is 16.2 Å². The first-order valence-corrected chi connectivity index (χ1v) is 5.91. The summed E-state index contributed by atoms with van der Waals surface area (Å²) in [4.78, 5) is 33.9. The maximum absolute atomic E-state index is 11.6. The Bertz CT molecular complexity index is 487. The first-order valence-electron chi connectivity index (χ1n) is 5.53. The molecular weight excluding hydrogens is 270 g/mol. The lowest BCUT2D eigenvalue weighted by Crippen LogP contribution is -2.50. The number of carbonyl (C=O) groups is 3. The van der Waals surface area contributed by atoms with Crippen molar-refractivity contribution >= 4 is 29.3 Å². The van der Waals surface area contributed by atoms with Crippen LogP contribution >= 0.6 is 11.6 Å². The van der Waals surface area contributed by atoms with Gasteiger partial charge in [0.25, 0.3) is 11.8 Å². The molecule has 1 aromatic carbocycles. The van der Waals surface area contributed by atoms with Gasteiger partial charge in [-0.15, -0.1) is 0 Å². The van der Waals surface area contributed by atoms with Gasteiger partial charge in [-0.05, 0) is 31.2 Å². The van der Waals surface area contributed by atoms with Gasteiger partial charge < -0.3 is 5.32 Å². The minimum atomic E-state index is -0.733. The van der Waals surface area contributed by atoms with Crippen LogP contribution in [0.3, 0.4) is 0 Å². The molecule has 0 aromatic heterocycles. The van der Waals surface area contributed by atoms with Gasteiger partial charge in [0.15, 0.2) is 0 Å². The highest BCUT2D eigenvalue weighted by Crippen LogP contribution is 2.08. The summed E-state index contributed by atoms with van der Waals surface area (Å²) in [6, 6.07) is 5.46. The van der Waals surface area contributed by atoms with E-state index in [9.17, 15) is 14.4 Å². The summed E-state index contributed by atoms with van der Waals surface area (Å²) >= 11 is 5.69. The van der Waals surface area contributed by atoms with E-state index in [1.54, 1.807) is 12.1 Å². The molecule has 6 nitrogen and oxygen atoms in total. The van der Waals surface area contributed by atoms with E-state index >= 15 is 0 Å². The van der Waals surface area contributed by atoms with E-state index in [1.807, 2.05) is 0 Å². The Morgan fingerprint density at radius 1 is 1.11 bits per heavy atom. The molecule has 0 aliphatic rings. The lowest BCUT2D eigenvalue weighted by Gasteiger charge is -2.13. The molecule has 1 aromatic rings. The minimum Gasteiger partial charge on any atom is -0.345 e. The van der Waals surface area contributed by atoms with Crippen molar-refractivity contribution in [3.63, 3.8) is 0 Å². The number of benzene rings is 1. The smallest absolute Gasteiger partial charge is 0.269 e. The van der Waals surface area contributed by atoms with Gasteiger partial charge in [-0.25, -0.2) is 0 Å². The summed E-state index contributed by atoms with van der Waals surface area (Å²) < 4.78 is 0. The lowest BCUT2D eigenvalue weighted by atomic mass is 10.2. The predicted molar refractivity (Wildman–Crippen MR) is 70.3 cm³/mol. The average Bonchev–Trinajstić information content (AvgIpc) is 2.35. The number of hydrogen-bond acceptors (Lipinski definition) is 3. The molecule has 0 aliphatic carbocycles. The molecular formula is C12H14ClN3O3. The molecule has 0 fully saturated rings. The van der Waals surface area contributed by atoms with Crippen LogP contribution in [0, 0.1) is 0 Å². The van der Waals surface area contributed by atoms with E-state index in [0.29, 0.717) is 10.6 Å². The Morgan fingerprint density at radius 2 is 1.68 bits per heavy atom. The second kappa shape index (κ2) is 6.75. The molecule has 0 aliphatic heterocycles. The largest absolute Gasteiger partial charge is 0.345 e. The first-order chi connectivity index (χ1) is 8.90. The van der Waals surface area contributed by atoms with E-state index in [0.717, 1.165) is 0 Å². The van der Waals surface area contributed by atoms with Crippen LogP contribution in [0.1, 0.15) is 24.2 Å². The van der Waals surface area contributed by atoms with Crippen LogP contribution in [-0.4, -0.2) is 23.8 Å². The Kier molecular flexibility index (Phi) is 5.32. The summed E-state index contributed by atoms with van der Waals surface area (Å²) in [6.45, 7) is 2.81. The Labute approximate surface area is 115 Å². The lowest BCUT2D eigenvalue weighted by molar-refractivity contribution is -0.128. The number of nitrogens with one attached hydrogen (secondary N) is 3. The molecule has 0 unspecified atom stereocenters. The fraction of sp³-hybridized carbons (Fsp3) is 0.250. The third kappa shape index (κ3) is 4.97. The van der Waals surface area contributed by atoms with Crippen LogP contribution in [0.2, 0.25) is 5.02 Å². The molecule has 3 amide bonds. The summed E-state index contributed by atoms with van der Waals surface area (Å²) in [5, 5.41) is 2.91. The highest BCUT2D eigenvalue weighted by Gasteiger charge is 2.14. The van der Waals surface area contributed by atoms with Gasteiger partial charge >= 0.3 is 0 Å². The number of halogens is 1. The van der Waals surface area contributed by atoms with E-state index in [2.05, 4.69) is 16.2 Å². The van der Waals surface area contributed by atoms with Crippen molar-refractivity contribution in [3.8, 4) is 0 Å². The van der Waals surface area contributed by atoms with Crippen molar-refractivity contribution in [1.29, 1.82) is 0 Å². The van der Waals surface area contributed by atoms with Gasteiger partial charge in [0.1, 0.15) is 6.04 Å². The average molecular weight is 284 g/mol. The monoisotopic (exact) mass is 283 g/mol. The molecule has 19 heavy (non-hydrogen) atoms. The van der Waals surface area contributed by atoms with Gasteiger partial charge in [0, 0.05) is 17.5 Å². The van der Waals surface area contributed by atoms with Crippen LogP contribution in [0.4, 0.5) is 0 Å². The molecule has 3 N–H and O–H groups in total. The molecule has 1 atom stereocenters. The van der Waals surface area contributed by atoms with Gasteiger partial charge in [-0.2, -0.15) is 0 Å². The highest BCUT2D eigenvalue weighted by atomic mass is 35.5. The van der Waals surface area contributed by atoms with Crippen molar-refractivity contribution < 1.29 is 14.4 Å². The van der Waals surface area contributed by atoms with Crippen molar-refractivity contribution in [2.45, 2.75) is 19.9 Å². The van der Waals surface area contributed by atoms with Gasteiger partial charge in [0.2, 0.25) is 5.91 Å². The number of hydrazine groups is 1. The Balaban J connectivity index is 2.48. The van der Waals surface area contributed by atoms with Gasteiger partial charge in [0.05, 0.1) is 0 Å². The third-order valence-corrected chi connectivity index (χ3v) is 2.47. The van der Waals surface area contributed by atoms with Crippen molar-refractivity contribution in [2.24, 2.45) is 0 Å². The second-order valence-electron chi connectivity index (χ2n) is 3.87. The predicted octanol–water partition coefficient (Wildman–Crippen LogP) is 0.626. The SMILES string of the molecule is CC(=O)N[C@@H](C)C(=O)NNC(=O)c1ccc(Cl)cc1. The van der Waals surface area contributed by atoms with Crippen LogP contribution in [0.5, 0.6) is 0 Å². The number of rotatable bonds is 3. The highest BCUT2D eigenvalue weighted by molar-refractivity contribution is 6.30. The van der Waals surface area contributed by atoms with Crippen molar-refractivity contribution in [2.75, 3.05) is 0 Å². The number of hydrogen-bond donors (Lipinski definition) is 3. The van der Waals surface area contributed by atoms with E-state index in [-0.39, 0.29) is 5.91 Å². The van der Waals surface area contributed by atoms with E-state index < -0.39 is 17.9 Å². The fourth-order valence-corrected chi connectivity index (χ4v) is 1.40. The summed E-state index contributed by atoms with van der Waals surface area (Å²) in [5.41, 5.74) is 4.81. The van der Waals surface area contributed by atoms with Crippen molar-refractivity contribution in [3.05, 3.63) is 34.9 Å². The standard InChI is InChI=1S/C12H14ClN3O3/c1-7(14-8(2)17)11(18)15-16-12(19)9-3-5-10(13)6-4-9/h3-7H,1-2H3,(H,14,17)(H,15,18)(H,16,19)/t7-/m0/s1. The molecule has 0 radical (unpaired) electrons. The van der Waals surface area contributed by atoms with Crippen LogP contribution in [0.15, 0.2) is 24.3 Å². The summed E-state index contributed by atoms with van der Waals surface area (Å²) in [5.74, 6) is -1.32. The maximum Gasteiger partial charge on any atom is 0.269 e. The maximum atomic E-state index is 11.6. The Hall–Kier alpha value is -2.08. The quantitative estimate of drug-likeness (QED) is 0.711. The zero-order chi connectivity index (χ0) is 14.4. The molecule has 0 saturated carbocycles. The van der Waals surface area contributed by atoms with Crippen molar-refractivity contribution in [1.82, 2.24) is 16.2 Å². The zero-order valence-electron chi connectivity index (χ0n) is 10.5. The molecule has 0 heterocycles. The molecule has 0 spiro atoms. The molecule has 0 bridgehead atoms. The summed E-state index contributed by atoms with van der Waals surface area (Å²) in [6.07, 6.45) is 0. The van der Waals surface area contributed by atoms with Crippen LogP contribution in [0.25, 0.3) is 0 Å². The third-order valence-electron chi connectivity index (χ3n) is 2.22. The van der Waals surface area contributed by atoms with E-state index in [1.165, 1.54) is 26.0 Å². The molecule has 1 rings (SSSR count). The molecule has 102 valence electrons. The molecule has 7 heteroatoms. The van der Waals surface area contributed by atoms with Gasteiger partial charge in [-0.3, -0.25) is 25.2 Å². The first kappa shape index (κ1) is 15.0.